The third-order valence-corrected chi connectivity index (χ3v) is 2.63. The Hall–Kier alpha value is -1.27. The Labute approximate surface area is 107 Å². The van der Waals surface area contributed by atoms with E-state index in [9.17, 15) is 18.0 Å². The predicted octanol–water partition coefficient (Wildman–Crippen LogP) is 2.42. The summed E-state index contributed by atoms with van der Waals surface area (Å²) < 4.78 is 37.8. The van der Waals surface area contributed by atoms with Crippen LogP contribution in [0.3, 0.4) is 0 Å². The van der Waals surface area contributed by atoms with Crippen molar-refractivity contribution in [1.29, 1.82) is 0 Å². The van der Waals surface area contributed by atoms with E-state index in [-0.39, 0.29) is 18.7 Å². The molecule has 1 rings (SSSR count). The van der Waals surface area contributed by atoms with Crippen LogP contribution in [0.5, 0.6) is 0 Å². The molecule has 3 nitrogen and oxygen atoms in total. The molecule has 0 aliphatic heterocycles. The van der Waals surface area contributed by atoms with Crippen molar-refractivity contribution in [2.45, 2.75) is 6.18 Å². The van der Waals surface area contributed by atoms with Crippen molar-refractivity contribution in [3.63, 3.8) is 0 Å². The number of benzene rings is 1. The van der Waals surface area contributed by atoms with Gasteiger partial charge in [0.1, 0.15) is 0 Å². The number of carbonyl (C=O) groups is 1. The fourth-order valence-corrected chi connectivity index (χ4v) is 1.57. The molecule has 0 aliphatic carbocycles. The van der Waals surface area contributed by atoms with E-state index >= 15 is 0 Å². The van der Waals surface area contributed by atoms with Crippen LogP contribution in [0.25, 0.3) is 0 Å². The van der Waals surface area contributed by atoms with Crippen LogP contribution in [0.1, 0.15) is 15.9 Å². The zero-order valence-electron chi connectivity index (χ0n) is 9.46. The van der Waals surface area contributed by atoms with Gasteiger partial charge in [0.05, 0.1) is 17.2 Å². The van der Waals surface area contributed by atoms with Crippen LogP contribution in [0, 0.1) is 0 Å². The van der Waals surface area contributed by atoms with Crippen LogP contribution in [0.2, 0.25) is 5.02 Å². The van der Waals surface area contributed by atoms with E-state index in [0.717, 1.165) is 11.0 Å². The summed E-state index contributed by atoms with van der Waals surface area (Å²) in [6.45, 7) is -0.217. The Morgan fingerprint density at radius 2 is 2.06 bits per heavy atom. The first-order valence-corrected chi connectivity index (χ1v) is 5.38. The Bertz CT molecular complexity index is 448. The number of nitrogens with zero attached hydrogens (tertiary/aromatic N) is 1. The molecule has 1 amide bonds. The molecule has 1 aromatic rings. The first kappa shape index (κ1) is 14.8. The third-order valence-electron chi connectivity index (χ3n) is 2.30. The number of halogens is 4. The van der Waals surface area contributed by atoms with E-state index in [2.05, 4.69) is 0 Å². The maximum absolute atomic E-state index is 12.6. The zero-order chi connectivity index (χ0) is 13.9. The molecule has 100 valence electrons. The van der Waals surface area contributed by atoms with Gasteiger partial charge in [-0.2, -0.15) is 13.2 Å². The number of aliphatic hydroxyl groups excluding tert-OH is 1. The lowest BCUT2D eigenvalue weighted by molar-refractivity contribution is -0.137. The molecule has 18 heavy (non-hydrogen) atoms. The Kier molecular flexibility index (Phi) is 4.59. The highest BCUT2D eigenvalue weighted by atomic mass is 35.5. The normalized spacial score (nSPS) is 11.4. The van der Waals surface area contributed by atoms with E-state index in [1.165, 1.54) is 13.1 Å². The first-order chi connectivity index (χ1) is 8.27. The SMILES string of the molecule is CN(CCO)C(=O)c1ccc(Cl)c(C(F)(F)F)c1. The Morgan fingerprint density at radius 1 is 1.44 bits per heavy atom. The van der Waals surface area contributed by atoms with E-state index in [1.807, 2.05) is 0 Å². The molecule has 0 radical (unpaired) electrons. The number of alkyl halides is 3. The average molecular weight is 282 g/mol. The standard InChI is InChI=1S/C11H11ClF3NO2/c1-16(4-5-17)10(18)7-2-3-9(12)8(6-7)11(13,14)15/h2-3,6,17H,4-5H2,1H3. The van der Waals surface area contributed by atoms with Gasteiger partial charge in [0.15, 0.2) is 0 Å². The van der Waals surface area contributed by atoms with Crippen molar-refractivity contribution < 1.29 is 23.1 Å². The molecule has 1 aromatic carbocycles. The molecule has 0 bridgehead atoms. The highest BCUT2D eigenvalue weighted by Crippen LogP contribution is 2.35. The van der Waals surface area contributed by atoms with Crippen LogP contribution in [0.4, 0.5) is 13.2 Å². The highest BCUT2D eigenvalue weighted by Gasteiger charge is 2.34. The topological polar surface area (TPSA) is 40.5 Å². The zero-order valence-corrected chi connectivity index (χ0v) is 10.2. The van der Waals surface area contributed by atoms with Crippen LogP contribution in [-0.2, 0) is 6.18 Å². The van der Waals surface area contributed by atoms with Gasteiger partial charge in [-0.05, 0) is 18.2 Å². The van der Waals surface area contributed by atoms with Gasteiger partial charge in [-0.1, -0.05) is 11.6 Å². The number of likely N-dealkylation sites (N-methyl/N-ethyl adjacent to an activating group) is 1. The van der Waals surface area contributed by atoms with Crippen molar-refractivity contribution in [2.75, 3.05) is 20.2 Å². The second-order valence-electron chi connectivity index (χ2n) is 3.64. The summed E-state index contributed by atoms with van der Waals surface area (Å²) in [5.41, 5.74) is -1.17. The van der Waals surface area contributed by atoms with E-state index in [0.29, 0.717) is 6.07 Å². The van der Waals surface area contributed by atoms with Crippen LogP contribution >= 0.6 is 11.6 Å². The summed E-state index contributed by atoms with van der Waals surface area (Å²) in [5, 5.41) is 8.21. The molecule has 0 unspecified atom stereocenters. The van der Waals surface area contributed by atoms with Gasteiger partial charge in [-0.15, -0.1) is 0 Å². The summed E-state index contributed by atoms with van der Waals surface area (Å²) >= 11 is 5.44. The highest BCUT2D eigenvalue weighted by molar-refractivity contribution is 6.31. The van der Waals surface area contributed by atoms with Gasteiger partial charge in [0, 0.05) is 19.2 Å². The third kappa shape index (κ3) is 3.36. The van der Waals surface area contributed by atoms with Gasteiger partial charge >= 0.3 is 6.18 Å². The number of hydrogen-bond donors (Lipinski definition) is 1. The Balaban J connectivity index is 3.09. The van der Waals surface area contributed by atoms with Gasteiger partial charge in [0.25, 0.3) is 5.91 Å². The van der Waals surface area contributed by atoms with Crippen LogP contribution < -0.4 is 0 Å². The molecule has 0 spiro atoms. The number of hydrogen-bond acceptors (Lipinski definition) is 2. The molecule has 0 heterocycles. The Morgan fingerprint density at radius 3 is 2.56 bits per heavy atom. The molecular weight excluding hydrogens is 271 g/mol. The van der Waals surface area contributed by atoms with Gasteiger partial charge in [0.2, 0.25) is 0 Å². The van der Waals surface area contributed by atoms with Gasteiger partial charge in [-0.25, -0.2) is 0 Å². The lowest BCUT2D eigenvalue weighted by Gasteiger charge is -2.17. The molecule has 0 fully saturated rings. The van der Waals surface area contributed by atoms with Crippen LogP contribution in [0.15, 0.2) is 18.2 Å². The fourth-order valence-electron chi connectivity index (χ4n) is 1.35. The number of carbonyl (C=O) groups excluding carboxylic acids is 1. The molecule has 0 saturated heterocycles. The molecule has 0 aromatic heterocycles. The smallest absolute Gasteiger partial charge is 0.395 e. The van der Waals surface area contributed by atoms with Crippen molar-refractivity contribution >= 4 is 17.5 Å². The molecular formula is C11H11ClF3NO2. The lowest BCUT2D eigenvalue weighted by Crippen LogP contribution is -2.29. The summed E-state index contributed by atoms with van der Waals surface area (Å²) in [6, 6.07) is 2.96. The van der Waals surface area contributed by atoms with Crippen molar-refractivity contribution in [3.05, 3.63) is 34.3 Å². The van der Waals surface area contributed by atoms with Gasteiger partial charge < -0.3 is 10.0 Å². The lowest BCUT2D eigenvalue weighted by atomic mass is 10.1. The maximum Gasteiger partial charge on any atom is 0.417 e. The van der Waals surface area contributed by atoms with Crippen molar-refractivity contribution in [3.8, 4) is 0 Å². The number of aliphatic hydroxyl groups is 1. The number of amides is 1. The molecule has 0 saturated carbocycles. The molecule has 0 aliphatic rings. The van der Waals surface area contributed by atoms with E-state index < -0.39 is 22.7 Å². The summed E-state index contributed by atoms with van der Waals surface area (Å²) in [5.74, 6) is -0.605. The average Bonchev–Trinajstić information content (AvgIpc) is 2.27. The fraction of sp³-hybridized carbons (Fsp3) is 0.364. The maximum atomic E-state index is 12.6. The summed E-state index contributed by atoms with van der Waals surface area (Å²) in [6.07, 6.45) is -4.61. The molecule has 0 atom stereocenters. The monoisotopic (exact) mass is 281 g/mol. The first-order valence-electron chi connectivity index (χ1n) is 5.00. The minimum Gasteiger partial charge on any atom is -0.395 e. The van der Waals surface area contributed by atoms with E-state index in [4.69, 9.17) is 16.7 Å². The second-order valence-corrected chi connectivity index (χ2v) is 4.05. The van der Waals surface area contributed by atoms with Gasteiger partial charge in [-0.3, -0.25) is 4.79 Å². The minimum atomic E-state index is -4.61. The summed E-state index contributed by atoms with van der Waals surface area (Å²) in [7, 11) is 1.39. The van der Waals surface area contributed by atoms with Crippen LogP contribution in [-0.4, -0.2) is 36.1 Å². The molecule has 1 N–H and O–H groups in total. The second kappa shape index (κ2) is 5.58. The quantitative estimate of drug-likeness (QED) is 0.924. The largest absolute Gasteiger partial charge is 0.417 e. The minimum absolute atomic E-state index is 0.0445. The van der Waals surface area contributed by atoms with E-state index in [1.54, 1.807) is 0 Å². The summed E-state index contributed by atoms with van der Waals surface area (Å²) in [4.78, 5) is 12.9. The molecule has 7 heteroatoms. The number of rotatable bonds is 3. The predicted molar refractivity (Wildman–Crippen MR) is 60.5 cm³/mol. The van der Waals surface area contributed by atoms with Crippen molar-refractivity contribution in [1.82, 2.24) is 4.90 Å². The van der Waals surface area contributed by atoms with Crippen molar-refractivity contribution in [2.24, 2.45) is 0 Å².